The van der Waals surface area contributed by atoms with Crippen LogP contribution >= 0.6 is 11.6 Å². The highest BCUT2D eigenvalue weighted by Gasteiger charge is 2.08. The molecule has 0 unspecified atom stereocenters. The monoisotopic (exact) mass is 251 g/mol. The molecule has 2 heterocycles. The van der Waals surface area contributed by atoms with Crippen molar-refractivity contribution >= 4 is 23.3 Å². The fourth-order valence-electron chi connectivity index (χ4n) is 1.21. The lowest BCUT2D eigenvalue weighted by Crippen LogP contribution is -2.13. The Morgan fingerprint density at radius 2 is 2.18 bits per heavy atom. The number of anilines is 1. The second-order valence-electron chi connectivity index (χ2n) is 3.17. The molecule has 17 heavy (non-hydrogen) atoms. The van der Waals surface area contributed by atoms with Crippen LogP contribution in [-0.2, 0) is 0 Å². The van der Waals surface area contributed by atoms with Gasteiger partial charge in [0.15, 0.2) is 0 Å². The fourth-order valence-corrected chi connectivity index (χ4v) is 1.37. The van der Waals surface area contributed by atoms with Gasteiger partial charge in [0.2, 0.25) is 5.95 Å². The quantitative estimate of drug-likeness (QED) is 0.835. The van der Waals surface area contributed by atoms with Gasteiger partial charge in [-0.3, -0.25) is 4.79 Å². The van der Waals surface area contributed by atoms with Crippen molar-refractivity contribution in [1.82, 2.24) is 9.97 Å². The van der Waals surface area contributed by atoms with Crippen molar-refractivity contribution in [2.24, 2.45) is 0 Å². The summed E-state index contributed by atoms with van der Waals surface area (Å²) in [5.74, 6) is -0.877. The number of hydrogen-bond acceptors (Lipinski definition) is 3. The summed E-state index contributed by atoms with van der Waals surface area (Å²) in [5, 5.41) is 2.76. The average Bonchev–Trinajstić information content (AvgIpc) is 2.29. The molecule has 4 nitrogen and oxygen atoms in total. The van der Waals surface area contributed by atoms with E-state index in [1.165, 1.54) is 12.3 Å². The fraction of sp³-hybridized carbons (Fsp3) is 0. The van der Waals surface area contributed by atoms with Crippen LogP contribution in [0.25, 0.3) is 0 Å². The van der Waals surface area contributed by atoms with E-state index >= 15 is 0 Å². The van der Waals surface area contributed by atoms with Gasteiger partial charge in [-0.25, -0.2) is 9.97 Å². The molecular weight excluding hydrogens is 245 g/mol. The molecular formula is C11H7ClFN3O. The summed E-state index contributed by atoms with van der Waals surface area (Å²) in [6, 6.07) is 7.27. The highest BCUT2D eigenvalue weighted by atomic mass is 35.5. The largest absolute Gasteiger partial charge is 0.307 e. The van der Waals surface area contributed by atoms with Gasteiger partial charge in [0.05, 0.1) is 0 Å². The first kappa shape index (κ1) is 11.5. The predicted octanol–water partition coefficient (Wildman–Crippen LogP) is 2.52. The lowest BCUT2D eigenvalue weighted by molar-refractivity contribution is 0.102. The van der Waals surface area contributed by atoms with E-state index in [9.17, 15) is 9.18 Å². The van der Waals surface area contributed by atoms with Gasteiger partial charge < -0.3 is 5.32 Å². The van der Waals surface area contributed by atoms with Crippen molar-refractivity contribution < 1.29 is 9.18 Å². The highest BCUT2D eigenvalue weighted by Crippen LogP contribution is 2.10. The third-order valence-corrected chi connectivity index (χ3v) is 2.16. The average molecular weight is 252 g/mol. The maximum atomic E-state index is 12.8. The van der Waals surface area contributed by atoms with Gasteiger partial charge in [0.1, 0.15) is 11.0 Å². The number of nitrogens with zero attached hydrogens (tertiary/aromatic N) is 2. The van der Waals surface area contributed by atoms with Crippen LogP contribution in [0.4, 0.5) is 10.2 Å². The van der Waals surface area contributed by atoms with Crippen LogP contribution in [0.2, 0.25) is 5.15 Å². The number of rotatable bonds is 2. The minimum absolute atomic E-state index is 0.166. The number of hydrogen-bond donors (Lipinski definition) is 1. The lowest BCUT2D eigenvalue weighted by atomic mass is 10.2. The van der Waals surface area contributed by atoms with Gasteiger partial charge in [-0.2, -0.15) is 4.39 Å². The van der Waals surface area contributed by atoms with Gasteiger partial charge in [-0.15, -0.1) is 0 Å². The number of amides is 1. The van der Waals surface area contributed by atoms with Crippen LogP contribution in [0, 0.1) is 5.95 Å². The molecule has 0 saturated carbocycles. The van der Waals surface area contributed by atoms with Crippen LogP contribution in [-0.4, -0.2) is 15.9 Å². The normalized spacial score (nSPS) is 10.0. The van der Waals surface area contributed by atoms with E-state index in [1.54, 1.807) is 18.2 Å². The molecule has 6 heteroatoms. The molecule has 0 fully saturated rings. The van der Waals surface area contributed by atoms with E-state index in [-0.39, 0.29) is 10.7 Å². The van der Waals surface area contributed by atoms with E-state index in [2.05, 4.69) is 15.3 Å². The number of carbonyl (C=O) groups is 1. The summed E-state index contributed by atoms with van der Waals surface area (Å²) >= 11 is 5.67. The third-order valence-electron chi connectivity index (χ3n) is 1.95. The van der Waals surface area contributed by atoms with Crippen molar-refractivity contribution in [3.8, 4) is 0 Å². The SMILES string of the molecule is O=C(Nc1cccc(Cl)n1)c1ccnc(F)c1. The second-order valence-corrected chi connectivity index (χ2v) is 3.55. The smallest absolute Gasteiger partial charge is 0.257 e. The van der Waals surface area contributed by atoms with E-state index in [0.717, 1.165) is 6.07 Å². The molecule has 86 valence electrons. The van der Waals surface area contributed by atoms with Crippen LogP contribution in [0.3, 0.4) is 0 Å². The number of pyridine rings is 2. The van der Waals surface area contributed by atoms with Gasteiger partial charge in [-0.05, 0) is 18.2 Å². The topological polar surface area (TPSA) is 54.9 Å². The maximum absolute atomic E-state index is 12.8. The second kappa shape index (κ2) is 4.88. The molecule has 1 amide bonds. The Morgan fingerprint density at radius 3 is 2.88 bits per heavy atom. The zero-order valence-electron chi connectivity index (χ0n) is 8.52. The Labute approximate surface area is 101 Å². The van der Waals surface area contributed by atoms with Gasteiger partial charge in [0, 0.05) is 17.8 Å². The number of carbonyl (C=O) groups excluding carboxylic acids is 1. The third kappa shape index (κ3) is 2.98. The first-order valence-electron chi connectivity index (χ1n) is 4.70. The highest BCUT2D eigenvalue weighted by molar-refractivity contribution is 6.29. The molecule has 0 saturated heterocycles. The standard InChI is InChI=1S/C11H7ClFN3O/c12-8-2-1-3-10(15-8)16-11(17)7-4-5-14-9(13)6-7/h1-6H,(H,15,16,17). The Kier molecular flexibility index (Phi) is 3.30. The molecule has 0 aliphatic heterocycles. The number of nitrogens with one attached hydrogen (secondary N) is 1. The molecule has 2 aromatic rings. The Balaban J connectivity index is 2.17. The predicted molar refractivity (Wildman–Crippen MR) is 61.4 cm³/mol. The summed E-state index contributed by atoms with van der Waals surface area (Å²) in [6.07, 6.45) is 1.22. The van der Waals surface area contributed by atoms with E-state index < -0.39 is 11.9 Å². The molecule has 0 aromatic carbocycles. The van der Waals surface area contributed by atoms with Crippen LogP contribution in [0.5, 0.6) is 0 Å². The van der Waals surface area contributed by atoms with Crippen molar-refractivity contribution in [3.63, 3.8) is 0 Å². The number of aromatic nitrogens is 2. The van der Waals surface area contributed by atoms with E-state index in [0.29, 0.717) is 5.82 Å². The van der Waals surface area contributed by atoms with Gasteiger partial charge >= 0.3 is 0 Å². The van der Waals surface area contributed by atoms with Crippen LogP contribution in [0.15, 0.2) is 36.5 Å². The van der Waals surface area contributed by atoms with Crippen molar-refractivity contribution in [3.05, 3.63) is 53.2 Å². The molecule has 2 rings (SSSR count). The zero-order chi connectivity index (χ0) is 12.3. The molecule has 0 radical (unpaired) electrons. The lowest BCUT2D eigenvalue weighted by Gasteiger charge is -2.04. The molecule has 0 bridgehead atoms. The van der Waals surface area contributed by atoms with Crippen LogP contribution in [0.1, 0.15) is 10.4 Å². The minimum atomic E-state index is -0.711. The zero-order valence-corrected chi connectivity index (χ0v) is 9.28. The van der Waals surface area contributed by atoms with Crippen molar-refractivity contribution in [1.29, 1.82) is 0 Å². The molecule has 0 spiro atoms. The maximum Gasteiger partial charge on any atom is 0.257 e. The van der Waals surface area contributed by atoms with Crippen LogP contribution < -0.4 is 5.32 Å². The van der Waals surface area contributed by atoms with Crippen molar-refractivity contribution in [2.75, 3.05) is 5.32 Å². The van der Waals surface area contributed by atoms with Gasteiger partial charge in [0.25, 0.3) is 5.91 Å². The molecule has 0 atom stereocenters. The van der Waals surface area contributed by atoms with E-state index in [1.807, 2.05) is 0 Å². The Hall–Kier alpha value is -2.01. The van der Waals surface area contributed by atoms with E-state index in [4.69, 9.17) is 11.6 Å². The minimum Gasteiger partial charge on any atom is -0.307 e. The summed E-state index contributed by atoms with van der Waals surface area (Å²) in [7, 11) is 0. The molecule has 0 aliphatic rings. The first-order chi connectivity index (χ1) is 8.15. The summed E-state index contributed by atoms with van der Waals surface area (Å²) in [6.45, 7) is 0. The summed E-state index contributed by atoms with van der Waals surface area (Å²) in [4.78, 5) is 18.9. The summed E-state index contributed by atoms with van der Waals surface area (Å²) < 4.78 is 12.8. The number of halogens is 2. The summed E-state index contributed by atoms with van der Waals surface area (Å²) in [5.41, 5.74) is 0.166. The molecule has 1 N–H and O–H groups in total. The molecule has 2 aromatic heterocycles. The van der Waals surface area contributed by atoms with Gasteiger partial charge in [-0.1, -0.05) is 17.7 Å². The Morgan fingerprint density at radius 1 is 1.35 bits per heavy atom. The molecule has 0 aliphatic carbocycles. The van der Waals surface area contributed by atoms with Crippen molar-refractivity contribution in [2.45, 2.75) is 0 Å². The Bertz CT molecular complexity index is 562. The first-order valence-corrected chi connectivity index (χ1v) is 5.08.